The van der Waals surface area contributed by atoms with Crippen molar-refractivity contribution in [2.75, 3.05) is 0 Å². The van der Waals surface area contributed by atoms with Gasteiger partial charge in [-0.3, -0.25) is 4.79 Å². The van der Waals surface area contributed by atoms with Crippen LogP contribution in [0.1, 0.15) is 47.0 Å². The molecule has 19 heavy (non-hydrogen) atoms. The Morgan fingerprint density at radius 2 is 1.95 bits per heavy atom. The smallest absolute Gasteiger partial charge is 0.323 e. The highest BCUT2D eigenvalue weighted by Gasteiger charge is 2.60. The largest absolute Gasteiger partial charge is 0.480 e. The van der Waals surface area contributed by atoms with Crippen LogP contribution in [0.15, 0.2) is 0 Å². The molecular formula is C13H23NO4S. The van der Waals surface area contributed by atoms with E-state index in [9.17, 15) is 13.2 Å². The molecule has 4 atom stereocenters. The zero-order valence-electron chi connectivity index (χ0n) is 11.9. The second-order valence-electron chi connectivity index (χ2n) is 6.99. The predicted octanol–water partition coefficient (Wildman–Crippen LogP) is 1.59. The van der Waals surface area contributed by atoms with E-state index in [0.29, 0.717) is 5.92 Å². The van der Waals surface area contributed by atoms with Crippen molar-refractivity contribution in [2.45, 2.75) is 58.2 Å². The molecule has 2 saturated carbocycles. The molecule has 0 heterocycles. The van der Waals surface area contributed by atoms with Crippen LogP contribution in [0.2, 0.25) is 0 Å². The highest BCUT2D eigenvalue weighted by molar-refractivity contribution is 7.90. The highest BCUT2D eigenvalue weighted by atomic mass is 32.2. The van der Waals surface area contributed by atoms with E-state index in [-0.39, 0.29) is 16.9 Å². The van der Waals surface area contributed by atoms with E-state index < -0.39 is 21.2 Å². The van der Waals surface area contributed by atoms with Crippen LogP contribution in [0.4, 0.5) is 0 Å². The van der Waals surface area contributed by atoms with Gasteiger partial charge in [-0.2, -0.15) is 0 Å². The van der Waals surface area contributed by atoms with Gasteiger partial charge in [-0.1, -0.05) is 20.8 Å². The second-order valence-corrected chi connectivity index (χ2v) is 9.02. The third-order valence-corrected chi connectivity index (χ3v) is 7.06. The Morgan fingerprint density at radius 1 is 1.37 bits per heavy atom. The third-order valence-electron chi connectivity index (χ3n) is 5.37. The molecule has 0 aromatic carbocycles. The summed E-state index contributed by atoms with van der Waals surface area (Å²) in [7, 11) is -3.82. The van der Waals surface area contributed by atoms with Crippen molar-refractivity contribution in [3.63, 3.8) is 0 Å². The van der Waals surface area contributed by atoms with Gasteiger partial charge >= 0.3 is 5.97 Å². The number of nitrogens with one attached hydrogen (secondary N) is 1. The molecule has 0 spiro atoms. The maximum absolute atomic E-state index is 12.1. The third kappa shape index (κ3) is 2.18. The van der Waals surface area contributed by atoms with Crippen molar-refractivity contribution in [1.82, 2.24) is 4.72 Å². The summed E-state index contributed by atoms with van der Waals surface area (Å²) in [5.41, 5.74) is -0.155. The van der Waals surface area contributed by atoms with Crippen LogP contribution in [-0.2, 0) is 14.8 Å². The Hall–Kier alpha value is -0.620. The normalized spacial score (nSPS) is 38.3. The average molecular weight is 289 g/mol. The van der Waals surface area contributed by atoms with Gasteiger partial charge in [0.2, 0.25) is 10.0 Å². The Balaban J connectivity index is 2.26. The molecule has 110 valence electrons. The minimum absolute atomic E-state index is 0.0422. The van der Waals surface area contributed by atoms with Gasteiger partial charge in [0.15, 0.2) is 5.25 Å². The molecule has 2 bridgehead atoms. The maximum atomic E-state index is 12.1. The lowest BCUT2D eigenvalue weighted by molar-refractivity contribution is -0.136. The quantitative estimate of drug-likeness (QED) is 0.823. The molecule has 0 saturated heterocycles. The van der Waals surface area contributed by atoms with Gasteiger partial charge in [0.25, 0.3) is 0 Å². The minimum atomic E-state index is -3.82. The van der Waals surface area contributed by atoms with Crippen LogP contribution in [0.3, 0.4) is 0 Å². The van der Waals surface area contributed by atoms with Crippen molar-refractivity contribution >= 4 is 16.0 Å². The lowest BCUT2D eigenvalue weighted by Gasteiger charge is -2.43. The average Bonchev–Trinajstić information content (AvgIpc) is 2.74. The fourth-order valence-electron chi connectivity index (χ4n) is 4.00. The van der Waals surface area contributed by atoms with Crippen LogP contribution in [0, 0.1) is 16.7 Å². The lowest BCUT2D eigenvalue weighted by atomic mass is 9.69. The second kappa shape index (κ2) is 4.19. The van der Waals surface area contributed by atoms with Crippen LogP contribution in [0.5, 0.6) is 0 Å². The van der Waals surface area contributed by atoms with E-state index >= 15 is 0 Å². The Bertz CT molecular complexity index is 494. The number of carbonyl (C=O) groups is 1. The first-order valence-electron chi connectivity index (χ1n) is 6.75. The van der Waals surface area contributed by atoms with E-state index in [1.165, 1.54) is 6.92 Å². The molecule has 0 amide bonds. The van der Waals surface area contributed by atoms with E-state index in [0.717, 1.165) is 19.3 Å². The maximum Gasteiger partial charge on any atom is 0.323 e. The molecule has 2 fully saturated rings. The molecule has 0 radical (unpaired) electrons. The van der Waals surface area contributed by atoms with Gasteiger partial charge in [-0.05, 0) is 42.9 Å². The van der Waals surface area contributed by atoms with E-state index in [1.807, 2.05) is 0 Å². The number of fused-ring (bicyclic) bond motifs is 2. The van der Waals surface area contributed by atoms with Crippen LogP contribution in [0.25, 0.3) is 0 Å². The summed E-state index contributed by atoms with van der Waals surface area (Å²) in [6, 6.07) is -0.175. The summed E-state index contributed by atoms with van der Waals surface area (Å²) in [6.07, 6.45) is 3.17. The predicted molar refractivity (Wildman–Crippen MR) is 72.2 cm³/mol. The van der Waals surface area contributed by atoms with Gasteiger partial charge in [0.05, 0.1) is 0 Å². The highest BCUT2D eigenvalue weighted by Crippen LogP contribution is 2.62. The number of carboxylic acid groups (broad SMARTS) is 1. The number of hydrogen-bond acceptors (Lipinski definition) is 3. The zero-order valence-corrected chi connectivity index (χ0v) is 12.8. The Morgan fingerprint density at radius 3 is 2.37 bits per heavy atom. The Labute approximate surface area is 114 Å². The summed E-state index contributed by atoms with van der Waals surface area (Å²) in [5.74, 6) is -0.788. The first kappa shape index (κ1) is 14.8. The van der Waals surface area contributed by atoms with Crippen molar-refractivity contribution in [1.29, 1.82) is 0 Å². The lowest BCUT2D eigenvalue weighted by Crippen LogP contribution is -2.54. The summed E-state index contributed by atoms with van der Waals surface area (Å²) in [6.45, 7) is 7.50. The van der Waals surface area contributed by atoms with Crippen molar-refractivity contribution in [2.24, 2.45) is 16.7 Å². The summed E-state index contributed by atoms with van der Waals surface area (Å²) < 4.78 is 27.0. The zero-order chi connectivity index (χ0) is 14.6. The SMILES string of the molecule is CC(C(=O)O)S(=O)(=O)NC1C2(C)CCC(C2)C1(C)C. The Kier molecular flexibility index (Phi) is 3.26. The molecule has 6 heteroatoms. The van der Waals surface area contributed by atoms with E-state index in [1.54, 1.807) is 0 Å². The monoisotopic (exact) mass is 289 g/mol. The summed E-state index contributed by atoms with van der Waals surface area (Å²) >= 11 is 0. The molecule has 0 aromatic heterocycles. The summed E-state index contributed by atoms with van der Waals surface area (Å²) in [4.78, 5) is 10.9. The molecule has 2 N–H and O–H groups in total. The molecule has 2 rings (SSSR count). The molecule has 5 nitrogen and oxygen atoms in total. The molecule has 4 unspecified atom stereocenters. The molecule has 0 aliphatic heterocycles. The minimum Gasteiger partial charge on any atom is -0.480 e. The topological polar surface area (TPSA) is 83.5 Å². The van der Waals surface area contributed by atoms with Crippen molar-refractivity contribution < 1.29 is 18.3 Å². The van der Waals surface area contributed by atoms with Crippen molar-refractivity contribution in [3.05, 3.63) is 0 Å². The standard InChI is InChI=1S/C13H23NO4S/c1-8(10(15)16)19(17,18)14-11-12(2,3)9-5-6-13(11,4)7-9/h8-9,11,14H,5-7H2,1-4H3,(H,15,16). The van der Waals surface area contributed by atoms with Gasteiger partial charge in [-0.15, -0.1) is 0 Å². The fraction of sp³-hybridized carbons (Fsp3) is 0.923. The summed E-state index contributed by atoms with van der Waals surface area (Å²) in [5, 5.41) is 7.49. The van der Waals surface area contributed by atoms with E-state index in [2.05, 4.69) is 25.5 Å². The van der Waals surface area contributed by atoms with Gasteiger partial charge in [0.1, 0.15) is 0 Å². The van der Waals surface area contributed by atoms with E-state index in [4.69, 9.17) is 5.11 Å². The number of aliphatic carboxylic acids is 1. The molecule has 2 aliphatic rings. The number of carboxylic acids is 1. The molecule has 2 aliphatic carbocycles. The van der Waals surface area contributed by atoms with Gasteiger partial charge in [-0.25, -0.2) is 13.1 Å². The van der Waals surface area contributed by atoms with Gasteiger partial charge in [0, 0.05) is 6.04 Å². The molecular weight excluding hydrogens is 266 g/mol. The first-order chi connectivity index (χ1) is 8.51. The van der Waals surface area contributed by atoms with Crippen LogP contribution in [-0.4, -0.2) is 30.8 Å². The fourth-order valence-corrected chi connectivity index (χ4v) is 5.38. The van der Waals surface area contributed by atoms with Crippen molar-refractivity contribution in [3.8, 4) is 0 Å². The van der Waals surface area contributed by atoms with Gasteiger partial charge < -0.3 is 5.11 Å². The number of rotatable bonds is 4. The molecule has 0 aromatic rings. The van der Waals surface area contributed by atoms with Crippen LogP contribution >= 0.6 is 0 Å². The van der Waals surface area contributed by atoms with Crippen LogP contribution < -0.4 is 4.72 Å². The number of sulfonamides is 1. The number of hydrogen-bond donors (Lipinski definition) is 2. The first-order valence-corrected chi connectivity index (χ1v) is 8.29.